The number of nitrogens with zero attached hydrogens (tertiary/aromatic N) is 1. The second-order valence-electron chi connectivity index (χ2n) is 12.2. The number of rotatable bonds is 5. The molecule has 0 saturated heterocycles. The van der Waals surface area contributed by atoms with Crippen LogP contribution in [0.4, 0.5) is 17.1 Å². The molecule has 0 fully saturated rings. The van der Waals surface area contributed by atoms with Crippen molar-refractivity contribution in [1.29, 1.82) is 0 Å². The summed E-state index contributed by atoms with van der Waals surface area (Å²) in [5.74, 6) is 0. The lowest BCUT2D eigenvalue weighted by Crippen LogP contribution is -2.10. The zero-order chi connectivity index (χ0) is 35.8. The van der Waals surface area contributed by atoms with Gasteiger partial charge in [-0.25, -0.2) is 0 Å². The maximum absolute atomic E-state index is 9.67. The van der Waals surface area contributed by atoms with Crippen LogP contribution in [-0.4, -0.2) is 0 Å². The molecule has 0 spiro atoms. The highest BCUT2D eigenvalue weighted by Crippen LogP contribution is 2.45. The quantitative estimate of drug-likeness (QED) is 0.189. The molecule has 0 aliphatic rings. The summed E-state index contributed by atoms with van der Waals surface area (Å²) in [5.41, 5.74) is 7.00. The molecule has 0 radical (unpaired) electrons. The van der Waals surface area contributed by atoms with Crippen LogP contribution in [0.2, 0.25) is 0 Å². The molecule has 0 atom stereocenters. The van der Waals surface area contributed by atoms with Crippen molar-refractivity contribution in [3.8, 4) is 22.3 Å². The zero-order valence-corrected chi connectivity index (χ0v) is 26.2. The molecule has 0 aliphatic carbocycles. The Morgan fingerprint density at radius 2 is 1.12 bits per heavy atom. The summed E-state index contributed by atoms with van der Waals surface area (Å²) in [6.45, 7) is 0. The Morgan fingerprint density at radius 3 is 2.00 bits per heavy atom. The summed E-state index contributed by atoms with van der Waals surface area (Å²) in [6, 6.07) is 48.7. The second-order valence-corrected chi connectivity index (χ2v) is 12.2. The number of hydrogen-bond donors (Lipinski definition) is 0. The van der Waals surface area contributed by atoms with Crippen molar-refractivity contribution in [1.82, 2.24) is 0 Å². The minimum atomic E-state index is -0.161. The normalized spacial score (nSPS) is 12.8. The van der Waals surface area contributed by atoms with Crippen LogP contribution in [0.5, 0.6) is 0 Å². The molecule has 8 aromatic carbocycles. The highest BCUT2D eigenvalue weighted by atomic mass is 16.3. The third kappa shape index (κ3) is 4.44. The number of benzene rings is 8. The number of anilines is 3. The maximum atomic E-state index is 9.67. The van der Waals surface area contributed by atoms with E-state index in [1.807, 2.05) is 138 Å². The molecule has 10 rings (SSSR count). The van der Waals surface area contributed by atoms with Crippen LogP contribution in [0.25, 0.3) is 76.9 Å². The van der Waals surface area contributed by atoms with Gasteiger partial charge in [-0.15, -0.1) is 0 Å². The van der Waals surface area contributed by atoms with Crippen LogP contribution in [0, 0.1) is 0 Å². The van der Waals surface area contributed by atoms with Crippen molar-refractivity contribution in [2.75, 3.05) is 4.90 Å². The molecule has 3 heteroatoms. The molecule has 10 aromatic rings. The monoisotopic (exact) mass is 631 g/mol. The van der Waals surface area contributed by atoms with Gasteiger partial charge in [-0.05, 0) is 82.2 Å². The van der Waals surface area contributed by atoms with Crippen LogP contribution in [0.15, 0.2) is 185 Å². The van der Waals surface area contributed by atoms with E-state index in [0.717, 1.165) is 49.0 Å². The van der Waals surface area contributed by atoms with Crippen molar-refractivity contribution in [3.05, 3.63) is 176 Å². The molecule has 3 nitrogen and oxygen atoms in total. The van der Waals surface area contributed by atoms with Gasteiger partial charge < -0.3 is 13.7 Å². The molecule has 2 heterocycles. The minimum Gasteiger partial charge on any atom is -0.456 e. The SMILES string of the molecule is [2H]c1c([2H])c(N(c2cccc(-c3ccccc3)c2)c2cccc3oc4c5ccccc5ccc4c23)c([2H])c([2H])c1-c1cccc2oc3ccccc3c12. The van der Waals surface area contributed by atoms with Gasteiger partial charge in [0.15, 0.2) is 0 Å². The third-order valence-corrected chi connectivity index (χ3v) is 9.32. The molecule has 0 N–H and O–H groups in total. The molecule has 0 bridgehead atoms. The predicted molar refractivity (Wildman–Crippen MR) is 204 cm³/mol. The van der Waals surface area contributed by atoms with E-state index in [9.17, 15) is 5.48 Å². The third-order valence-electron chi connectivity index (χ3n) is 9.32. The van der Waals surface area contributed by atoms with Gasteiger partial charge in [-0.3, -0.25) is 0 Å². The van der Waals surface area contributed by atoms with Crippen molar-refractivity contribution in [2.24, 2.45) is 0 Å². The summed E-state index contributed by atoms with van der Waals surface area (Å²) >= 11 is 0. The number of fused-ring (bicyclic) bond motifs is 8. The molecule has 0 amide bonds. The average Bonchev–Trinajstić information content (AvgIpc) is 3.79. The van der Waals surface area contributed by atoms with E-state index in [-0.39, 0.29) is 35.4 Å². The van der Waals surface area contributed by atoms with Crippen LogP contribution in [0.3, 0.4) is 0 Å². The van der Waals surface area contributed by atoms with E-state index in [0.29, 0.717) is 33.7 Å². The highest BCUT2D eigenvalue weighted by Gasteiger charge is 2.21. The zero-order valence-electron chi connectivity index (χ0n) is 30.2. The highest BCUT2D eigenvalue weighted by molar-refractivity contribution is 6.19. The van der Waals surface area contributed by atoms with Gasteiger partial charge in [0.05, 0.1) is 16.6 Å². The van der Waals surface area contributed by atoms with E-state index < -0.39 is 0 Å². The topological polar surface area (TPSA) is 29.5 Å². The summed E-state index contributed by atoms with van der Waals surface area (Å²) in [5, 5.41) is 5.36. The first-order valence-corrected chi connectivity index (χ1v) is 16.3. The summed E-state index contributed by atoms with van der Waals surface area (Å²) < 4.78 is 51.1. The summed E-state index contributed by atoms with van der Waals surface area (Å²) in [7, 11) is 0. The molecule has 2 aromatic heterocycles. The molecule has 0 aliphatic heterocycles. The van der Waals surface area contributed by atoms with Gasteiger partial charge in [-0.1, -0.05) is 121 Å². The van der Waals surface area contributed by atoms with Gasteiger partial charge in [0.2, 0.25) is 0 Å². The Labute approximate surface area is 288 Å². The first-order chi connectivity index (χ1) is 26.0. The predicted octanol–water partition coefficient (Wildman–Crippen LogP) is 13.4. The van der Waals surface area contributed by atoms with Crippen LogP contribution < -0.4 is 4.90 Å². The fourth-order valence-electron chi connectivity index (χ4n) is 7.10. The second kappa shape index (κ2) is 11.0. The van der Waals surface area contributed by atoms with Crippen molar-refractivity contribution < 1.29 is 14.3 Å². The van der Waals surface area contributed by atoms with E-state index >= 15 is 0 Å². The fourth-order valence-corrected chi connectivity index (χ4v) is 7.10. The van der Waals surface area contributed by atoms with Crippen molar-refractivity contribution >= 4 is 71.7 Å². The van der Waals surface area contributed by atoms with Gasteiger partial charge in [-0.2, -0.15) is 0 Å². The smallest absolute Gasteiger partial charge is 0.143 e. The first kappa shape index (κ1) is 23.7. The van der Waals surface area contributed by atoms with Gasteiger partial charge in [0, 0.05) is 32.9 Å². The van der Waals surface area contributed by atoms with Gasteiger partial charge in [0.1, 0.15) is 22.3 Å². The molecule has 49 heavy (non-hydrogen) atoms. The Hall–Kier alpha value is -6.58. The fraction of sp³-hybridized carbons (Fsp3) is 0. The van der Waals surface area contributed by atoms with Crippen LogP contribution in [-0.2, 0) is 0 Å². The van der Waals surface area contributed by atoms with E-state index in [4.69, 9.17) is 8.83 Å². The van der Waals surface area contributed by atoms with Crippen LogP contribution in [0.1, 0.15) is 5.48 Å². The maximum Gasteiger partial charge on any atom is 0.143 e. The Bertz CT molecular complexity index is 3050. The number of hydrogen-bond acceptors (Lipinski definition) is 3. The summed E-state index contributed by atoms with van der Waals surface area (Å²) in [6.07, 6.45) is 0. The number of para-hydroxylation sites is 1. The van der Waals surface area contributed by atoms with E-state index in [1.54, 1.807) is 0 Å². The Balaban J connectivity index is 1.27. The minimum absolute atomic E-state index is 0.140. The lowest BCUT2D eigenvalue weighted by molar-refractivity contribution is 0.669. The van der Waals surface area contributed by atoms with Gasteiger partial charge >= 0.3 is 0 Å². The average molecular weight is 632 g/mol. The van der Waals surface area contributed by atoms with E-state index in [2.05, 4.69) is 18.2 Å². The van der Waals surface area contributed by atoms with E-state index in [1.165, 1.54) is 0 Å². The van der Waals surface area contributed by atoms with Crippen molar-refractivity contribution in [3.63, 3.8) is 0 Å². The lowest BCUT2D eigenvalue weighted by atomic mass is 9.98. The Kier molecular flexibility index (Phi) is 5.32. The molecular weight excluding hydrogens is 599 g/mol. The van der Waals surface area contributed by atoms with Crippen LogP contribution >= 0.6 is 0 Å². The standard InChI is InChI=1S/C46H29NO2/c1-2-11-30(12-3-1)33-14-8-15-35(29-33)47(40-19-10-22-43-45(40)39-28-25-31-13-4-5-16-37(31)46(39)49-43)34-26-23-32(24-27-34)36-18-9-21-42-44(36)38-17-6-7-20-41(38)48-42/h1-29H/i23D,24D,26D,27D. The molecule has 0 saturated carbocycles. The first-order valence-electron chi connectivity index (χ1n) is 18.3. The Morgan fingerprint density at radius 1 is 0.429 bits per heavy atom. The molecular formula is C46H29NO2. The van der Waals surface area contributed by atoms with Crippen molar-refractivity contribution in [2.45, 2.75) is 0 Å². The number of furan rings is 2. The van der Waals surface area contributed by atoms with Gasteiger partial charge in [0.25, 0.3) is 0 Å². The molecule has 230 valence electrons. The molecule has 0 unspecified atom stereocenters. The summed E-state index contributed by atoms with van der Waals surface area (Å²) in [4.78, 5) is 1.86. The lowest BCUT2D eigenvalue weighted by Gasteiger charge is -2.27. The largest absolute Gasteiger partial charge is 0.456 e.